The zero-order chi connectivity index (χ0) is 12.1. The molecule has 5 heteroatoms. The minimum absolute atomic E-state index is 0.0974. The fourth-order valence-corrected chi connectivity index (χ4v) is 2.77. The summed E-state index contributed by atoms with van der Waals surface area (Å²) < 4.78 is 41.2. The normalized spacial score (nSPS) is 41.2. The van der Waals surface area contributed by atoms with Gasteiger partial charge in [0.25, 0.3) is 0 Å². The number of fused-ring (bicyclic) bond motifs is 1. The topological polar surface area (TPSA) is 33.0 Å². The highest BCUT2D eigenvalue weighted by atomic mass is 19.4. The van der Waals surface area contributed by atoms with Crippen LogP contribution in [0.4, 0.5) is 13.2 Å². The van der Waals surface area contributed by atoms with Crippen molar-refractivity contribution >= 4 is 0 Å². The molecule has 0 saturated heterocycles. The van der Waals surface area contributed by atoms with Gasteiger partial charge >= 0.3 is 6.18 Å². The molecule has 0 amide bonds. The van der Waals surface area contributed by atoms with Crippen LogP contribution in [0.1, 0.15) is 13.8 Å². The molecule has 0 aromatic heterocycles. The van der Waals surface area contributed by atoms with Crippen LogP contribution in [0, 0.1) is 29.1 Å². The summed E-state index contributed by atoms with van der Waals surface area (Å²) in [6.45, 7) is 2.22. The number of nitrogens with zero attached hydrogens (tertiary/aromatic N) is 1. The zero-order valence-corrected chi connectivity index (χ0v) is 9.01. The summed E-state index contributed by atoms with van der Waals surface area (Å²) in [5.74, 6) is -0.175. The fourth-order valence-electron chi connectivity index (χ4n) is 2.77. The lowest BCUT2D eigenvalue weighted by atomic mass is 9.99. The van der Waals surface area contributed by atoms with Crippen LogP contribution >= 0.6 is 0 Å². The van der Waals surface area contributed by atoms with Crippen molar-refractivity contribution in [1.82, 2.24) is 0 Å². The number of nitriles is 1. The van der Waals surface area contributed by atoms with Crippen molar-refractivity contribution in [3.63, 3.8) is 0 Å². The lowest BCUT2D eigenvalue weighted by molar-refractivity contribution is -0.197. The van der Waals surface area contributed by atoms with Gasteiger partial charge in [-0.2, -0.15) is 18.4 Å². The third-order valence-corrected chi connectivity index (χ3v) is 3.42. The second kappa shape index (κ2) is 3.24. The average Bonchev–Trinajstić information content (AvgIpc) is 2.82. The third-order valence-electron chi connectivity index (χ3n) is 3.42. The molecular formula is C11H12F3NO. The fraction of sp³-hybridized carbons (Fsp3) is 0.727. The molecule has 0 unspecified atom stereocenters. The highest BCUT2D eigenvalue weighted by molar-refractivity contribution is 5.37. The van der Waals surface area contributed by atoms with Gasteiger partial charge in [-0.25, -0.2) is 0 Å². The van der Waals surface area contributed by atoms with Gasteiger partial charge in [-0.05, 0) is 13.8 Å². The molecule has 2 aliphatic rings. The number of ether oxygens (including phenoxy) is 1. The van der Waals surface area contributed by atoms with Gasteiger partial charge in [-0.3, -0.25) is 0 Å². The van der Waals surface area contributed by atoms with Gasteiger partial charge in [0.2, 0.25) is 0 Å². The van der Waals surface area contributed by atoms with Crippen LogP contribution in [-0.2, 0) is 4.74 Å². The Morgan fingerprint density at radius 1 is 1.56 bits per heavy atom. The van der Waals surface area contributed by atoms with E-state index in [9.17, 15) is 13.2 Å². The van der Waals surface area contributed by atoms with Crippen LogP contribution in [0.15, 0.2) is 11.6 Å². The number of halogens is 3. The average molecular weight is 231 g/mol. The summed E-state index contributed by atoms with van der Waals surface area (Å²) in [5.41, 5.74) is 0.0474. The number of hydrogen-bond donors (Lipinski definition) is 0. The molecule has 0 aromatic carbocycles. The Balaban J connectivity index is 2.07. The first kappa shape index (κ1) is 11.5. The monoisotopic (exact) mass is 231 g/mol. The Kier molecular flexibility index (Phi) is 2.32. The minimum Gasteiger partial charge on any atom is -0.361 e. The summed E-state index contributed by atoms with van der Waals surface area (Å²) >= 11 is 0. The van der Waals surface area contributed by atoms with Crippen LogP contribution in [0.2, 0.25) is 0 Å². The Morgan fingerprint density at radius 2 is 2.19 bits per heavy atom. The Bertz CT molecular complexity index is 382. The molecule has 0 spiro atoms. The quantitative estimate of drug-likeness (QED) is 0.684. The lowest BCUT2D eigenvalue weighted by Gasteiger charge is -2.25. The van der Waals surface area contributed by atoms with Gasteiger partial charge in [0.15, 0.2) is 0 Å². The van der Waals surface area contributed by atoms with Crippen LogP contribution in [0.5, 0.6) is 0 Å². The van der Waals surface area contributed by atoms with Crippen molar-refractivity contribution in [3.8, 4) is 6.07 Å². The van der Waals surface area contributed by atoms with Gasteiger partial charge in [0.1, 0.15) is 6.61 Å². The Hall–Kier alpha value is -1.02. The SMILES string of the molecule is CC1=C[C@@](C)(OCC(F)(F)F)[C@H]2[C@H](C#N)[C@@H]12. The minimum atomic E-state index is -4.32. The molecule has 88 valence electrons. The van der Waals surface area contributed by atoms with E-state index in [2.05, 4.69) is 6.07 Å². The maximum Gasteiger partial charge on any atom is 0.411 e. The Labute approximate surface area is 91.7 Å². The van der Waals surface area contributed by atoms with Crippen molar-refractivity contribution in [2.45, 2.75) is 25.6 Å². The van der Waals surface area contributed by atoms with Gasteiger partial charge in [0.05, 0.1) is 17.6 Å². The van der Waals surface area contributed by atoms with Crippen molar-refractivity contribution in [1.29, 1.82) is 5.26 Å². The summed E-state index contributed by atoms with van der Waals surface area (Å²) in [6.07, 6.45) is -2.60. The molecule has 0 aromatic rings. The first-order valence-corrected chi connectivity index (χ1v) is 5.08. The van der Waals surface area contributed by atoms with Crippen molar-refractivity contribution < 1.29 is 17.9 Å². The predicted octanol–water partition coefficient (Wildman–Crippen LogP) is 2.67. The van der Waals surface area contributed by atoms with E-state index in [1.165, 1.54) is 0 Å². The van der Waals surface area contributed by atoms with Gasteiger partial charge in [-0.1, -0.05) is 11.6 Å². The van der Waals surface area contributed by atoms with E-state index in [0.29, 0.717) is 0 Å². The van der Waals surface area contributed by atoms with Gasteiger partial charge in [-0.15, -0.1) is 0 Å². The second-order valence-electron chi connectivity index (χ2n) is 4.68. The predicted molar refractivity (Wildman–Crippen MR) is 50.3 cm³/mol. The van der Waals surface area contributed by atoms with Crippen molar-refractivity contribution in [3.05, 3.63) is 11.6 Å². The standard InChI is InChI=1S/C11H12F3NO/c1-6-3-10(2,16-5-11(12,13)14)9-7(4-15)8(6)9/h3,7-9H,5H2,1-2H3/t7-,8-,9+,10-/m1/s1. The summed E-state index contributed by atoms with van der Waals surface area (Å²) in [4.78, 5) is 0. The highest BCUT2D eigenvalue weighted by Crippen LogP contribution is 2.62. The zero-order valence-electron chi connectivity index (χ0n) is 9.01. The number of rotatable bonds is 2. The molecule has 2 nitrogen and oxygen atoms in total. The van der Waals surface area contributed by atoms with Crippen molar-refractivity contribution in [2.24, 2.45) is 17.8 Å². The lowest BCUT2D eigenvalue weighted by Crippen LogP contribution is -2.33. The van der Waals surface area contributed by atoms with E-state index in [4.69, 9.17) is 10.00 Å². The number of hydrogen-bond acceptors (Lipinski definition) is 2. The van der Waals surface area contributed by atoms with Crippen LogP contribution in [-0.4, -0.2) is 18.4 Å². The molecule has 1 fully saturated rings. The number of allylic oxidation sites excluding steroid dienone is 1. The van der Waals surface area contributed by atoms with E-state index in [0.717, 1.165) is 5.57 Å². The van der Waals surface area contributed by atoms with Crippen molar-refractivity contribution in [2.75, 3.05) is 6.61 Å². The summed E-state index contributed by atoms with van der Waals surface area (Å²) in [6, 6.07) is 2.12. The van der Waals surface area contributed by atoms with Crippen LogP contribution in [0.3, 0.4) is 0 Å². The summed E-state index contributed by atoms with van der Waals surface area (Å²) in [7, 11) is 0. The molecule has 0 N–H and O–H groups in total. The first-order chi connectivity index (χ1) is 7.28. The smallest absolute Gasteiger partial charge is 0.361 e. The van der Waals surface area contributed by atoms with E-state index in [-0.39, 0.29) is 17.8 Å². The largest absolute Gasteiger partial charge is 0.411 e. The maximum absolute atomic E-state index is 12.1. The Morgan fingerprint density at radius 3 is 2.62 bits per heavy atom. The van der Waals surface area contributed by atoms with Crippen LogP contribution < -0.4 is 0 Å². The van der Waals surface area contributed by atoms with E-state index in [1.807, 2.05) is 6.92 Å². The molecule has 0 heterocycles. The highest BCUT2D eigenvalue weighted by Gasteiger charge is 2.64. The molecular weight excluding hydrogens is 219 g/mol. The van der Waals surface area contributed by atoms with Gasteiger partial charge < -0.3 is 4.74 Å². The van der Waals surface area contributed by atoms with Gasteiger partial charge in [0, 0.05) is 11.8 Å². The van der Waals surface area contributed by atoms with E-state index < -0.39 is 18.4 Å². The van der Waals surface area contributed by atoms with Crippen LogP contribution in [0.25, 0.3) is 0 Å². The second-order valence-corrected chi connectivity index (χ2v) is 4.68. The molecule has 0 aliphatic heterocycles. The molecule has 1 saturated carbocycles. The molecule has 0 radical (unpaired) electrons. The van der Waals surface area contributed by atoms with E-state index in [1.54, 1.807) is 13.0 Å². The first-order valence-electron chi connectivity index (χ1n) is 5.08. The molecule has 16 heavy (non-hydrogen) atoms. The molecule has 2 rings (SSSR count). The van der Waals surface area contributed by atoms with E-state index >= 15 is 0 Å². The maximum atomic E-state index is 12.1. The molecule has 2 aliphatic carbocycles. The molecule has 4 atom stereocenters. The number of alkyl halides is 3. The molecule has 0 bridgehead atoms. The summed E-state index contributed by atoms with van der Waals surface area (Å²) in [5, 5.41) is 8.83. The third kappa shape index (κ3) is 1.71.